The van der Waals surface area contributed by atoms with Crippen LogP contribution >= 0.6 is 0 Å². The van der Waals surface area contributed by atoms with Crippen molar-refractivity contribution in [2.24, 2.45) is 0 Å². The summed E-state index contributed by atoms with van der Waals surface area (Å²) < 4.78 is 46.7. The molecule has 0 spiro atoms. The highest BCUT2D eigenvalue weighted by Crippen LogP contribution is 2.33. The third kappa shape index (κ3) is 3.41. The Morgan fingerprint density at radius 1 is 1.11 bits per heavy atom. The summed E-state index contributed by atoms with van der Waals surface area (Å²) in [7, 11) is -2.40. The van der Waals surface area contributed by atoms with Gasteiger partial charge >= 0.3 is 0 Å². The molecule has 4 rings (SSSR count). The topological polar surface area (TPSA) is 84.1 Å². The van der Waals surface area contributed by atoms with Crippen molar-refractivity contribution >= 4 is 26.7 Å². The Balaban J connectivity index is 1.77. The van der Waals surface area contributed by atoms with Crippen molar-refractivity contribution in [2.75, 3.05) is 11.8 Å². The lowest BCUT2D eigenvalue weighted by Gasteiger charge is -2.13. The van der Waals surface area contributed by atoms with Crippen molar-refractivity contribution in [3.63, 3.8) is 0 Å². The molecule has 0 fully saturated rings. The van der Waals surface area contributed by atoms with Gasteiger partial charge in [-0.15, -0.1) is 0 Å². The van der Waals surface area contributed by atoms with Gasteiger partial charge in [-0.2, -0.15) is 0 Å². The maximum atomic E-state index is 13.4. The van der Waals surface area contributed by atoms with Crippen molar-refractivity contribution in [3.05, 3.63) is 72.8 Å². The number of sulfonamides is 1. The fourth-order valence-corrected chi connectivity index (χ4v) is 4.01. The molecule has 0 radical (unpaired) electrons. The number of benzene rings is 2. The molecule has 2 aromatic carbocycles. The molecule has 4 aromatic rings. The van der Waals surface area contributed by atoms with Crippen LogP contribution in [0, 0.1) is 5.82 Å². The number of hydrogen-bond donors (Lipinski definition) is 2. The number of aromatic amines is 1. The van der Waals surface area contributed by atoms with Crippen LogP contribution in [0.4, 0.5) is 10.1 Å². The fourth-order valence-electron chi connectivity index (χ4n) is 2.93. The summed E-state index contributed by atoms with van der Waals surface area (Å²) in [6, 6.07) is 13.6. The molecule has 0 saturated carbocycles. The van der Waals surface area contributed by atoms with Crippen molar-refractivity contribution in [1.29, 1.82) is 0 Å². The van der Waals surface area contributed by atoms with Gasteiger partial charge in [-0.05, 0) is 48.5 Å². The van der Waals surface area contributed by atoms with E-state index in [1.165, 1.54) is 37.4 Å². The number of halogens is 1. The molecule has 2 aromatic heterocycles. The zero-order valence-corrected chi connectivity index (χ0v) is 15.6. The van der Waals surface area contributed by atoms with E-state index in [0.29, 0.717) is 16.9 Å². The lowest BCUT2D eigenvalue weighted by molar-refractivity contribution is 0.416. The lowest BCUT2D eigenvalue weighted by Crippen LogP contribution is -2.13. The third-order valence-corrected chi connectivity index (χ3v) is 5.65. The first kappa shape index (κ1) is 18.0. The lowest BCUT2D eigenvalue weighted by atomic mass is 10.1. The largest absolute Gasteiger partial charge is 0.496 e. The number of rotatable bonds is 5. The van der Waals surface area contributed by atoms with E-state index in [9.17, 15) is 12.8 Å². The van der Waals surface area contributed by atoms with Crippen molar-refractivity contribution in [1.82, 2.24) is 9.97 Å². The van der Waals surface area contributed by atoms with E-state index in [1.807, 2.05) is 12.1 Å². The van der Waals surface area contributed by atoms with Gasteiger partial charge in [0, 0.05) is 28.9 Å². The minimum Gasteiger partial charge on any atom is -0.496 e. The molecule has 0 aliphatic carbocycles. The zero-order chi connectivity index (χ0) is 19.7. The van der Waals surface area contributed by atoms with Gasteiger partial charge in [0.25, 0.3) is 10.0 Å². The Labute approximate surface area is 161 Å². The van der Waals surface area contributed by atoms with Gasteiger partial charge in [0.1, 0.15) is 17.2 Å². The summed E-state index contributed by atoms with van der Waals surface area (Å²) in [5.41, 5.74) is 2.18. The van der Waals surface area contributed by atoms with Gasteiger partial charge in [-0.3, -0.25) is 4.72 Å². The maximum Gasteiger partial charge on any atom is 0.261 e. The Hall–Kier alpha value is -3.39. The average Bonchev–Trinajstić information content (AvgIpc) is 3.15. The Kier molecular flexibility index (Phi) is 4.48. The molecule has 6 nitrogen and oxygen atoms in total. The van der Waals surface area contributed by atoms with E-state index >= 15 is 0 Å². The molecule has 2 heterocycles. The number of anilines is 1. The Bertz CT molecular complexity index is 1270. The molecule has 2 N–H and O–H groups in total. The molecule has 142 valence electrons. The van der Waals surface area contributed by atoms with Gasteiger partial charge in [0.2, 0.25) is 0 Å². The van der Waals surface area contributed by atoms with Gasteiger partial charge in [-0.1, -0.05) is 6.07 Å². The van der Waals surface area contributed by atoms with Crippen molar-refractivity contribution in [3.8, 4) is 16.9 Å². The number of hydrogen-bond acceptors (Lipinski definition) is 4. The number of H-pyrrole nitrogens is 1. The van der Waals surface area contributed by atoms with Crippen LogP contribution in [0.5, 0.6) is 5.75 Å². The van der Waals surface area contributed by atoms with Crippen LogP contribution in [0.25, 0.3) is 22.2 Å². The summed E-state index contributed by atoms with van der Waals surface area (Å²) in [4.78, 5) is 7.39. The number of fused-ring (bicyclic) bond motifs is 1. The quantitative estimate of drug-likeness (QED) is 0.529. The monoisotopic (exact) mass is 397 g/mol. The third-order valence-electron chi connectivity index (χ3n) is 4.27. The van der Waals surface area contributed by atoms with Crippen LogP contribution in [0.3, 0.4) is 0 Å². The van der Waals surface area contributed by atoms with Crippen LogP contribution in [-0.4, -0.2) is 25.5 Å². The van der Waals surface area contributed by atoms with Crippen molar-refractivity contribution in [2.45, 2.75) is 4.90 Å². The molecule has 0 aliphatic rings. The number of methoxy groups -OCH3 is 1. The summed E-state index contributed by atoms with van der Waals surface area (Å²) >= 11 is 0. The van der Waals surface area contributed by atoms with Gasteiger partial charge < -0.3 is 9.72 Å². The highest BCUT2D eigenvalue weighted by Gasteiger charge is 2.18. The smallest absolute Gasteiger partial charge is 0.261 e. The predicted molar refractivity (Wildman–Crippen MR) is 105 cm³/mol. The van der Waals surface area contributed by atoms with E-state index in [-0.39, 0.29) is 10.6 Å². The number of pyridine rings is 1. The minimum absolute atomic E-state index is 0.0294. The number of aromatic nitrogens is 2. The first-order valence-corrected chi connectivity index (χ1v) is 9.84. The van der Waals surface area contributed by atoms with Gasteiger partial charge in [0.15, 0.2) is 0 Å². The number of nitrogens with one attached hydrogen (secondary N) is 2. The maximum absolute atomic E-state index is 13.4. The SMILES string of the molecule is COc1ccc(S(=O)(=O)Nc2cccc(F)c2)cc1-c1cnc2[nH]ccc2c1. The van der Waals surface area contributed by atoms with Crippen LogP contribution in [0.15, 0.2) is 71.9 Å². The standard InChI is InChI=1S/C20H16FN3O3S/c1-27-19-6-5-17(28(25,26)24-16-4-2-3-15(21)10-16)11-18(19)14-9-13-7-8-22-20(13)23-12-14/h2-12,24H,1H3,(H,22,23). The molecule has 0 amide bonds. The summed E-state index contributed by atoms with van der Waals surface area (Å²) in [6.07, 6.45) is 3.43. The van der Waals surface area contributed by atoms with E-state index in [1.54, 1.807) is 18.5 Å². The fraction of sp³-hybridized carbons (Fsp3) is 0.0500. The molecule has 0 aliphatic heterocycles. The summed E-state index contributed by atoms with van der Waals surface area (Å²) in [6.45, 7) is 0. The van der Waals surface area contributed by atoms with Gasteiger partial charge in [-0.25, -0.2) is 17.8 Å². The number of nitrogens with zero attached hydrogens (tertiary/aromatic N) is 1. The van der Waals surface area contributed by atoms with Crippen molar-refractivity contribution < 1.29 is 17.5 Å². The van der Waals surface area contributed by atoms with Crippen LogP contribution < -0.4 is 9.46 Å². The highest BCUT2D eigenvalue weighted by atomic mass is 32.2. The van der Waals surface area contributed by atoms with Crippen LogP contribution in [-0.2, 0) is 10.0 Å². The molecule has 0 unspecified atom stereocenters. The second kappa shape index (κ2) is 6.97. The second-order valence-corrected chi connectivity index (χ2v) is 7.80. The molecular formula is C20H16FN3O3S. The minimum atomic E-state index is -3.92. The highest BCUT2D eigenvalue weighted by molar-refractivity contribution is 7.92. The van der Waals surface area contributed by atoms with E-state index in [4.69, 9.17) is 4.74 Å². The Morgan fingerprint density at radius 2 is 1.96 bits per heavy atom. The average molecular weight is 397 g/mol. The zero-order valence-electron chi connectivity index (χ0n) is 14.8. The molecule has 8 heteroatoms. The normalized spacial score (nSPS) is 11.5. The van der Waals surface area contributed by atoms with Crippen LogP contribution in [0.2, 0.25) is 0 Å². The van der Waals surface area contributed by atoms with E-state index in [2.05, 4.69) is 14.7 Å². The number of ether oxygens (including phenoxy) is 1. The first-order valence-electron chi connectivity index (χ1n) is 8.36. The van der Waals surface area contributed by atoms with Crippen LogP contribution in [0.1, 0.15) is 0 Å². The molecule has 0 atom stereocenters. The molecular weight excluding hydrogens is 381 g/mol. The molecule has 0 bridgehead atoms. The summed E-state index contributed by atoms with van der Waals surface area (Å²) in [5, 5.41) is 0.894. The summed E-state index contributed by atoms with van der Waals surface area (Å²) in [5.74, 6) is -0.0112. The van der Waals surface area contributed by atoms with E-state index < -0.39 is 15.8 Å². The van der Waals surface area contributed by atoms with E-state index in [0.717, 1.165) is 17.1 Å². The first-order chi connectivity index (χ1) is 13.5. The predicted octanol–water partition coefficient (Wildman–Crippen LogP) is 4.18. The molecule has 28 heavy (non-hydrogen) atoms. The molecule has 0 saturated heterocycles. The Morgan fingerprint density at radius 3 is 2.75 bits per heavy atom. The second-order valence-electron chi connectivity index (χ2n) is 6.12. The van der Waals surface area contributed by atoms with Gasteiger partial charge in [0.05, 0.1) is 17.7 Å².